The van der Waals surface area contributed by atoms with E-state index in [0.717, 1.165) is 10.8 Å². The Bertz CT molecular complexity index is 903. The largest absolute Gasteiger partial charge is 0.391 e. The van der Waals surface area contributed by atoms with Crippen LogP contribution in [0.4, 0.5) is 14.7 Å². The van der Waals surface area contributed by atoms with Gasteiger partial charge in [0, 0.05) is 6.20 Å². The molecule has 1 aliphatic rings. The normalized spacial score (nSPS) is 31.2. The first-order valence-corrected chi connectivity index (χ1v) is 6.94. The lowest BCUT2D eigenvalue weighted by Crippen LogP contribution is -2.43. The first-order valence-electron chi connectivity index (χ1n) is 6.94. The van der Waals surface area contributed by atoms with Gasteiger partial charge in [0.05, 0.1) is 6.10 Å². The Morgan fingerprint density at radius 1 is 1.67 bits per heavy atom. The topological polar surface area (TPSA) is 126 Å². The van der Waals surface area contributed by atoms with Crippen molar-refractivity contribution in [2.75, 3.05) is 5.73 Å². The molecule has 24 heavy (non-hydrogen) atoms. The Morgan fingerprint density at radius 2 is 2.33 bits per heavy atom. The van der Waals surface area contributed by atoms with Crippen LogP contribution in [-0.4, -0.2) is 48.7 Å². The molecule has 1 saturated heterocycles. The van der Waals surface area contributed by atoms with Crippen molar-refractivity contribution in [2.24, 2.45) is 0 Å². The summed E-state index contributed by atoms with van der Waals surface area (Å²) in [4.78, 5) is 17.7. The van der Waals surface area contributed by atoms with Crippen molar-refractivity contribution in [2.45, 2.75) is 37.1 Å². The summed E-state index contributed by atoms with van der Waals surface area (Å²) in [6.07, 6.45) is -0.208. The first kappa shape index (κ1) is 16.4. The van der Waals surface area contributed by atoms with Gasteiger partial charge in [0.2, 0.25) is 11.6 Å². The molecule has 1 aliphatic heterocycles. The van der Waals surface area contributed by atoms with Crippen molar-refractivity contribution in [3.63, 3.8) is 0 Å². The summed E-state index contributed by atoms with van der Waals surface area (Å²) in [7, 11) is 0. The molecule has 0 bridgehead atoms. The molecule has 3 rings (SSSR count). The molecule has 1 fully saturated rings. The number of hydrogen-bond acceptors (Lipinski definition) is 6. The van der Waals surface area contributed by atoms with Gasteiger partial charge in [0.25, 0.3) is 5.56 Å². The number of ether oxygens (including phenoxy) is 1. The average molecular weight is 340 g/mol. The maximum absolute atomic E-state index is 15.1. The van der Waals surface area contributed by atoms with Gasteiger partial charge in [0.15, 0.2) is 17.7 Å². The van der Waals surface area contributed by atoms with Gasteiger partial charge >= 0.3 is 0 Å². The number of aliphatic hydroxyl groups is 2. The SMILES string of the molecule is C#CC1(F)C(O)[C@@H]([C@H](C)O)O[C@H]1n1cc(F)c2c(=O)[nH]c(N)nc21. The van der Waals surface area contributed by atoms with E-state index in [0.29, 0.717) is 0 Å². The van der Waals surface area contributed by atoms with Crippen molar-refractivity contribution in [1.82, 2.24) is 14.5 Å². The molecule has 2 unspecified atom stereocenters. The van der Waals surface area contributed by atoms with Crippen LogP contribution < -0.4 is 11.3 Å². The summed E-state index contributed by atoms with van der Waals surface area (Å²) in [5.41, 5.74) is 1.51. The fourth-order valence-electron chi connectivity index (χ4n) is 2.82. The van der Waals surface area contributed by atoms with Crippen LogP contribution in [-0.2, 0) is 4.74 Å². The predicted octanol–water partition coefficient (Wildman–Crippen LogP) is -0.574. The number of halogens is 2. The third-order valence-corrected chi connectivity index (χ3v) is 3.99. The van der Waals surface area contributed by atoms with Crippen molar-refractivity contribution in [3.05, 3.63) is 22.4 Å². The summed E-state index contributed by atoms with van der Waals surface area (Å²) in [6, 6.07) is 0. The molecule has 10 heteroatoms. The monoisotopic (exact) mass is 340 g/mol. The lowest BCUT2D eigenvalue weighted by atomic mass is 9.95. The Labute approximate surface area is 133 Å². The quantitative estimate of drug-likeness (QED) is 0.542. The number of H-pyrrole nitrogens is 1. The second-order valence-electron chi connectivity index (χ2n) is 5.58. The third-order valence-electron chi connectivity index (χ3n) is 3.99. The molecule has 0 amide bonds. The number of nitrogens with zero attached hydrogens (tertiary/aromatic N) is 2. The summed E-state index contributed by atoms with van der Waals surface area (Å²) in [5.74, 6) is 0.479. The number of nitrogens with two attached hydrogens (primary N) is 1. The second kappa shape index (κ2) is 5.27. The van der Waals surface area contributed by atoms with Gasteiger partial charge in [-0.15, -0.1) is 6.42 Å². The van der Waals surface area contributed by atoms with E-state index in [2.05, 4.69) is 9.97 Å². The lowest BCUT2D eigenvalue weighted by Gasteiger charge is -2.24. The number of aromatic nitrogens is 3. The zero-order valence-electron chi connectivity index (χ0n) is 12.4. The first-order chi connectivity index (χ1) is 11.2. The van der Waals surface area contributed by atoms with Crippen molar-refractivity contribution in [1.29, 1.82) is 0 Å². The number of nitrogen functional groups attached to an aromatic ring is 1. The zero-order chi connectivity index (χ0) is 17.8. The Morgan fingerprint density at radius 3 is 2.92 bits per heavy atom. The van der Waals surface area contributed by atoms with E-state index in [9.17, 15) is 19.4 Å². The van der Waals surface area contributed by atoms with Crippen molar-refractivity contribution < 1.29 is 23.7 Å². The molecule has 0 radical (unpaired) electrons. The highest BCUT2D eigenvalue weighted by Crippen LogP contribution is 2.43. The lowest BCUT2D eigenvalue weighted by molar-refractivity contribution is -0.0776. The van der Waals surface area contributed by atoms with Gasteiger partial charge < -0.3 is 20.7 Å². The van der Waals surface area contributed by atoms with E-state index in [-0.39, 0.29) is 11.6 Å². The number of anilines is 1. The van der Waals surface area contributed by atoms with Crippen LogP contribution in [0.1, 0.15) is 13.2 Å². The molecule has 0 spiro atoms. The summed E-state index contributed by atoms with van der Waals surface area (Å²) < 4.78 is 35.4. The molecule has 0 saturated carbocycles. The number of fused-ring (bicyclic) bond motifs is 1. The van der Waals surface area contributed by atoms with E-state index in [1.165, 1.54) is 6.92 Å². The standard InChI is InChI=1S/C14H14F2N4O4/c1-3-14(16)9(22)8(5(2)21)24-12(14)20-4-6(15)7-10(20)18-13(17)19-11(7)23/h1,4-5,8-9,12,21-22H,2H3,(H3,17,18,19,23)/t5-,8+,9?,12+,14?/m0/s1. The molecule has 5 N–H and O–H groups in total. The fraction of sp³-hybridized carbons (Fsp3) is 0.429. The van der Waals surface area contributed by atoms with Gasteiger partial charge in [-0.25, -0.2) is 8.78 Å². The summed E-state index contributed by atoms with van der Waals surface area (Å²) in [5, 5.41) is 19.2. The number of hydrogen-bond donors (Lipinski definition) is 4. The van der Waals surface area contributed by atoms with E-state index >= 15 is 4.39 Å². The molecule has 3 heterocycles. The van der Waals surface area contributed by atoms with Gasteiger partial charge in [0.1, 0.15) is 17.6 Å². The maximum Gasteiger partial charge on any atom is 0.264 e. The molecular formula is C14H14F2N4O4. The Balaban J connectivity index is 2.24. The van der Waals surface area contributed by atoms with Crippen molar-refractivity contribution in [3.8, 4) is 12.3 Å². The maximum atomic E-state index is 15.1. The highest BCUT2D eigenvalue weighted by Gasteiger charge is 2.59. The van der Waals surface area contributed by atoms with E-state index in [1.807, 2.05) is 0 Å². The van der Waals surface area contributed by atoms with Gasteiger partial charge in [-0.05, 0) is 6.92 Å². The van der Waals surface area contributed by atoms with Crippen LogP contribution >= 0.6 is 0 Å². The molecule has 128 valence electrons. The predicted molar refractivity (Wildman–Crippen MR) is 79.0 cm³/mol. The smallest absolute Gasteiger partial charge is 0.264 e. The third kappa shape index (κ3) is 2.10. The van der Waals surface area contributed by atoms with Crippen LogP contribution in [0.15, 0.2) is 11.0 Å². The summed E-state index contributed by atoms with van der Waals surface area (Å²) >= 11 is 0. The number of terminal acetylenes is 1. The van der Waals surface area contributed by atoms with E-state index < -0.39 is 47.0 Å². The van der Waals surface area contributed by atoms with Crippen LogP contribution in [0.3, 0.4) is 0 Å². The molecule has 2 aromatic heterocycles. The van der Waals surface area contributed by atoms with Crippen LogP contribution in [0.25, 0.3) is 11.0 Å². The highest BCUT2D eigenvalue weighted by atomic mass is 19.1. The minimum atomic E-state index is -2.78. The molecule has 8 nitrogen and oxygen atoms in total. The average Bonchev–Trinajstić information content (AvgIpc) is 2.95. The number of alkyl halides is 1. The number of aromatic amines is 1. The number of aliphatic hydroxyl groups excluding tert-OH is 2. The van der Waals surface area contributed by atoms with E-state index in [1.54, 1.807) is 5.92 Å². The fourth-order valence-corrected chi connectivity index (χ4v) is 2.82. The summed E-state index contributed by atoms with van der Waals surface area (Å²) in [6.45, 7) is 1.28. The Kier molecular flexibility index (Phi) is 3.60. The van der Waals surface area contributed by atoms with Gasteiger partial charge in [-0.3, -0.25) is 14.3 Å². The second-order valence-corrected chi connectivity index (χ2v) is 5.58. The highest BCUT2D eigenvalue weighted by molar-refractivity contribution is 5.77. The van der Waals surface area contributed by atoms with Crippen molar-refractivity contribution >= 4 is 17.0 Å². The number of rotatable bonds is 2. The molecular weight excluding hydrogens is 326 g/mol. The molecule has 5 atom stereocenters. The van der Waals surface area contributed by atoms with E-state index in [4.69, 9.17) is 16.9 Å². The minimum Gasteiger partial charge on any atom is -0.391 e. The molecule has 0 aliphatic carbocycles. The van der Waals surface area contributed by atoms with Crippen LogP contribution in [0.5, 0.6) is 0 Å². The zero-order valence-corrected chi connectivity index (χ0v) is 12.4. The molecule has 0 aromatic carbocycles. The molecule has 2 aromatic rings. The van der Waals surface area contributed by atoms with Crippen LogP contribution in [0, 0.1) is 18.2 Å². The van der Waals surface area contributed by atoms with Gasteiger partial charge in [-0.1, -0.05) is 5.92 Å². The minimum absolute atomic E-state index is 0.297. The Hall–Kier alpha value is -2.48. The number of nitrogens with one attached hydrogen (secondary N) is 1. The van der Waals surface area contributed by atoms with Gasteiger partial charge in [-0.2, -0.15) is 4.98 Å². The van der Waals surface area contributed by atoms with Crippen LogP contribution in [0.2, 0.25) is 0 Å².